The van der Waals surface area contributed by atoms with Gasteiger partial charge in [0.2, 0.25) is 0 Å². The van der Waals surface area contributed by atoms with Crippen molar-refractivity contribution < 1.29 is 9.84 Å². The molecule has 22 heavy (non-hydrogen) atoms. The van der Waals surface area contributed by atoms with E-state index in [0.29, 0.717) is 18.5 Å². The maximum Gasteiger partial charge on any atom is 0.123 e. The number of aliphatic hydroxyl groups is 1. The molecule has 0 saturated carbocycles. The molecule has 0 aliphatic carbocycles. The van der Waals surface area contributed by atoms with Crippen LogP contribution in [0.25, 0.3) is 0 Å². The molecule has 0 saturated heterocycles. The number of methoxy groups -OCH3 is 1. The second-order valence-corrected chi connectivity index (χ2v) is 4.97. The number of rotatable bonds is 7. The number of nitriles is 1. The topological polar surface area (TPSA) is 56.5 Å². The first-order valence-corrected chi connectivity index (χ1v) is 7.26. The van der Waals surface area contributed by atoms with Crippen LogP contribution >= 0.6 is 0 Å². The summed E-state index contributed by atoms with van der Waals surface area (Å²) in [6.45, 7) is 1.52. The molecule has 4 heteroatoms. The van der Waals surface area contributed by atoms with E-state index in [2.05, 4.69) is 11.0 Å². The number of benzene rings is 2. The quantitative estimate of drug-likeness (QED) is 0.853. The maximum atomic E-state index is 9.12. The van der Waals surface area contributed by atoms with E-state index >= 15 is 0 Å². The van der Waals surface area contributed by atoms with Crippen molar-refractivity contribution in [2.45, 2.75) is 13.0 Å². The van der Waals surface area contributed by atoms with Crippen LogP contribution in [-0.2, 0) is 6.54 Å². The molecule has 4 nitrogen and oxygen atoms in total. The van der Waals surface area contributed by atoms with Crippen LogP contribution < -0.4 is 9.64 Å². The Morgan fingerprint density at radius 2 is 1.95 bits per heavy atom. The Bertz CT molecular complexity index is 635. The summed E-state index contributed by atoms with van der Waals surface area (Å²) >= 11 is 0. The molecule has 0 radical (unpaired) electrons. The van der Waals surface area contributed by atoms with Crippen LogP contribution in [0.3, 0.4) is 0 Å². The molecule has 0 fully saturated rings. The van der Waals surface area contributed by atoms with E-state index in [1.807, 2.05) is 42.5 Å². The monoisotopic (exact) mass is 296 g/mol. The summed E-state index contributed by atoms with van der Waals surface area (Å²) in [6, 6.07) is 17.6. The van der Waals surface area contributed by atoms with Gasteiger partial charge in [0.05, 0.1) is 18.7 Å². The van der Waals surface area contributed by atoms with Crippen molar-refractivity contribution >= 4 is 5.69 Å². The Morgan fingerprint density at radius 3 is 2.59 bits per heavy atom. The third-order valence-electron chi connectivity index (χ3n) is 3.48. The summed E-state index contributed by atoms with van der Waals surface area (Å²) in [6.07, 6.45) is 0.690. The van der Waals surface area contributed by atoms with Crippen molar-refractivity contribution in [1.82, 2.24) is 0 Å². The molecule has 0 atom stereocenters. The lowest BCUT2D eigenvalue weighted by atomic mass is 10.1. The van der Waals surface area contributed by atoms with Gasteiger partial charge in [-0.1, -0.05) is 18.2 Å². The molecular formula is C18H20N2O2. The van der Waals surface area contributed by atoms with Gasteiger partial charge in [0.15, 0.2) is 0 Å². The molecule has 0 amide bonds. The fourth-order valence-electron chi connectivity index (χ4n) is 2.38. The van der Waals surface area contributed by atoms with E-state index in [1.54, 1.807) is 13.2 Å². The molecule has 2 aromatic carbocycles. The minimum Gasteiger partial charge on any atom is -0.496 e. The largest absolute Gasteiger partial charge is 0.496 e. The van der Waals surface area contributed by atoms with Crippen LogP contribution in [-0.4, -0.2) is 25.4 Å². The van der Waals surface area contributed by atoms with Gasteiger partial charge < -0.3 is 14.7 Å². The van der Waals surface area contributed by atoms with Crippen LogP contribution in [0.5, 0.6) is 5.75 Å². The zero-order chi connectivity index (χ0) is 15.8. The Kier molecular flexibility index (Phi) is 5.81. The third kappa shape index (κ3) is 4.00. The fraction of sp³-hybridized carbons (Fsp3) is 0.278. The number of ether oxygens (including phenoxy) is 1. The standard InChI is InChI=1S/C18H20N2O2/c1-22-18-9-8-15(13-19)12-16(18)14-20(10-5-11-21)17-6-3-2-4-7-17/h2-4,6-9,12,21H,5,10-11,14H2,1H3. The van der Waals surface area contributed by atoms with Crippen molar-refractivity contribution in [3.8, 4) is 11.8 Å². The molecule has 0 spiro atoms. The zero-order valence-electron chi connectivity index (χ0n) is 12.7. The molecule has 0 heterocycles. The molecule has 2 rings (SSSR count). The van der Waals surface area contributed by atoms with Crippen LogP contribution in [0.15, 0.2) is 48.5 Å². The Hall–Kier alpha value is -2.51. The Morgan fingerprint density at radius 1 is 1.18 bits per heavy atom. The van der Waals surface area contributed by atoms with E-state index in [-0.39, 0.29) is 6.61 Å². The Labute approximate surface area is 131 Å². The minimum atomic E-state index is 0.151. The second kappa shape index (κ2) is 8.06. The lowest BCUT2D eigenvalue weighted by Crippen LogP contribution is -2.24. The second-order valence-electron chi connectivity index (χ2n) is 4.97. The zero-order valence-corrected chi connectivity index (χ0v) is 12.7. The maximum absolute atomic E-state index is 9.12. The van der Waals surface area contributed by atoms with Crippen molar-refractivity contribution in [3.63, 3.8) is 0 Å². The van der Waals surface area contributed by atoms with Gasteiger partial charge in [0, 0.05) is 30.9 Å². The van der Waals surface area contributed by atoms with E-state index in [4.69, 9.17) is 15.1 Å². The summed E-state index contributed by atoms with van der Waals surface area (Å²) in [5.74, 6) is 0.768. The predicted octanol–water partition coefficient (Wildman–Crippen LogP) is 2.96. The number of hydrogen-bond donors (Lipinski definition) is 1. The minimum absolute atomic E-state index is 0.151. The highest BCUT2D eigenvalue weighted by atomic mass is 16.5. The van der Waals surface area contributed by atoms with Gasteiger partial charge in [-0.15, -0.1) is 0 Å². The van der Waals surface area contributed by atoms with E-state index in [0.717, 1.165) is 23.5 Å². The van der Waals surface area contributed by atoms with Crippen molar-refractivity contribution in [2.24, 2.45) is 0 Å². The average Bonchev–Trinajstić information content (AvgIpc) is 2.59. The lowest BCUT2D eigenvalue weighted by molar-refractivity contribution is 0.289. The normalized spacial score (nSPS) is 10.0. The summed E-state index contributed by atoms with van der Waals surface area (Å²) < 4.78 is 5.40. The number of anilines is 1. The van der Waals surface area contributed by atoms with Crippen LogP contribution in [0.1, 0.15) is 17.5 Å². The van der Waals surface area contributed by atoms with Gasteiger partial charge in [-0.25, -0.2) is 0 Å². The highest BCUT2D eigenvalue weighted by Crippen LogP contribution is 2.24. The van der Waals surface area contributed by atoms with Crippen molar-refractivity contribution in [3.05, 3.63) is 59.7 Å². The SMILES string of the molecule is COc1ccc(C#N)cc1CN(CCCO)c1ccccc1. The van der Waals surface area contributed by atoms with Gasteiger partial charge >= 0.3 is 0 Å². The first-order chi connectivity index (χ1) is 10.8. The van der Waals surface area contributed by atoms with Crippen LogP contribution in [0.2, 0.25) is 0 Å². The van der Waals surface area contributed by atoms with Crippen molar-refractivity contribution in [2.75, 3.05) is 25.2 Å². The number of para-hydroxylation sites is 1. The molecule has 0 bridgehead atoms. The van der Waals surface area contributed by atoms with Gasteiger partial charge in [-0.3, -0.25) is 0 Å². The van der Waals surface area contributed by atoms with Crippen molar-refractivity contribution in [1.29, 1.82) is 5.26 Å². The lowest BCUT2D eigenvalue weighted by Gasteiger charge is -2.25. The first-order valence-electron chi connectivity index (χ1n) is 7.26. The summed E-state index contributed by atoms with van der Waals surface area (Å²) in [5.41, 5.74) is 2.66. The summed E-state index contributed by atoms with van der Waals surface area (Å²) in [5, 5.41) is 18.2. The molecule has 0 unspecified atom stereocenters. The predicted molar refractivity (Wildman–Crippen MR) is 86.9 cm³/mol. The third-order valence-corrected chi connectivity index (χ3v) is 3.48. The van der Waals surface area contributed by atoms with Crippen LogP contribution in [0, 0.1) is 11.3 Å². The summed E-state index contributed by atoms with van der Waals surface area (Å²) in [7, 11) is 1.63. The number of hydrogen-bond acceptors (Lipinski definition) is 4. The average molecular weight is 296 g/mol. The first kappa shape index (κ1) is 15.9. The van der Waals surface area contributed by atoms with Gasteiger partial charge in [0.25, 0.3) is 0 Å². The van der Waals surface area contributed by atoms with Gasteiger partial charge in [-0.05, 0) is 36.8 Å². The van der Waals surface area contributed by atoms with Gasteiger partial charge in [-0.2, -0.15) is 5.26 Å². The molecule has 0 aliphatic rings. The van der Waals surface area contributed by atoms with E-state index in [1.165, 1.54) is 0 Å². The highest BCUT2D eigenvalue weighted by Gasteiger charge is 2.11. The summed E-state index contributed by atoms with van der Waals surface area (Å²) in [4.78, 5) is 2.18. The molecular weight excluding hydrogens is 276 g/mol. The van der Waals surface area contributed by atoms with Gasteiger partial charge in [0.1, 0.15) is 5.75 Å². The van der Waals surface area contributed by atoms with E-state index in [9.17, 15) is 0 Å². The fourth-order valence-corrected chi connectivity index (χ4v) is 2.38. The molecule has 114 valence electrons. The smallest absolute Gasteiger partial charge is 0.123 e. The highest BCUT2D eigenvalue weighted by molar-refractivity contribution is 5.49. The molecule has 0 aromatic heterocycles. The molecule has 0 aliphatic heterocycles. The van der Waals surface area contributed by atoms with Crippen LogP contribution in [0.4, 0.5) is 5.69 Å². The number of aliphatic hydroxyl groups excluding tert-OH is 1. The Balaban J connectivity index is 2.28. The molecule has 2 aromatic rings. The van der Waals surface area contributed by atoms with E-state index < -0.39 is 0 Å². The molecule has 1 N–H and O–H groups in total. The number of nitrogens with zero attached hydrogens (tertiary/aromatic N) is 2.